The van der Waals surface area contributed by atoms with Crippen LogP contribution in [0, 0.1) is 17.8 Å². The highest BCUT2D eigenvalue weighted by molar-refractivity contribution is 5.96. The first kappa shape index (κ1) is 52.4. The van der Waals surface area contributed by atoms with Gasteiger partial charge in [-0.2, -0.15) is 5.21 Å². The zero-order chi connectivity index (χ0) is 46.4. The molecular weight excluding hydrogens is 816 g/mol. The van der Waals surface area contributed by atoms with Crippen molar-refractivity contribution >= 4 is 53.4 Å². The van der Waals surface area contributed by atoms with E-state index >= 15 is 0 Å². The van der Waals surface area contributed by atoms with Crippen LogP contribution in [-0.2, 0) is 48.0 Å². The minimum atomic E-state index is -1.80. The molecular formula is C39H64N10O13. The molecule has 1 heterocycles. The second-order valence-corrected chi connectivity index (χ2v) is 16.1. The van der Waals surface area contributed by atoms with E-state index < -0.39 is 128 Å². The minimum Gasteiger partial charge on any atom is -0.481 e. The second kappa shape index (κ2) is 27.3. The fourth-order valence-corrected chi connectivity index (χ4v) is 6.89. The predicted octanol–water partition coefficient (Wildman–Crippen LogP) is 0.780. The molecule has 1 aliphatic carbocycles. The molecule has 1 unspecified atom stereocenters. The Morgan fingerprint density at radius 1 is 0.694 bits per heavy atom. The quantitative estimate of drug-likeness (QED) is 0.0497. The number of carbonyl (C=O) groups excluding carboxylic acids is 6. The van der Waals surface area contributed by atoms with Gasteiger partial charge in [-0.3, -0.25) is 43.2 Å². The van der Waals surface area contributed by atoms with Crippen LogP contribution in [0.2, 0.25) is 0 Å². The third kappa shape index (κ3) is 19.3. The predicted molar refractivity (Wildman–Crippen MR) is 217 cm³/mol. The van der Waals surface area contributed by atoms with Gasteiger partial charge in [0, 0.05) is 6.42 Å². The summed E-state index contributed by atoms with van der Waals surface area (Å²) in [5, 5.41) is 55.0. The molecule has 10 N–H and O–H groups in total. The normalized spacial score (nSPS) is 16.3. The highest BCUT2D eigenvalue weighted by Gasteiger charge is 2.36. The van der Waals surface area contributed by atoms with Gasteiger partial charge in [-0.25, -0.2) is 0 Å². The van der Waals surface area contributed by atoms with Crippen LogP contribution in [0.25, 0.3) is 0 Å². The van der Waals surface area contributed by atoms with Crippen molar-refractivity contribution in [2.45, 2.75) is 167 Å². The smallest absolute Gasteiger partial charge is 0.325 e. The Morgan fingerprint density at radius 3 is 1.85 bits per heavy atom. The number of aliphatic carboxylic acids is 3. The van der Waals surface area contributed by atoms with Gasteiger partial charge in [0.1, 0.15) is 30.2 Å². The lowest BCUT2D eigenvalue weighted by atomic mass is 9.84. The van der Waals surface area contributed by atoms with Crippen LogP contribution in [0.4, 0.5) is 0 Å². The Balaban J connectivity index is 2.33. The van der Waals surface area contributed by atoms with Gasteiger partial charge in [0.25, 0.3) is 0 Å². The molecule has 1 aromatic rings. The van der Waals surface area contributed by atoms with Gasteiger partial charge >= 0.3 is 23.9 Å². The minimum absolute atomic E-state index is 0.0309. The zero-order valence-corrected chi connectivity index (χ0v) is 36.1. The molecule has 23 heteroatoms. The highest BCUT2D eigenvalue weighted by atomic mass is 16.7. The Kier molecular flexibility index (Phi) is 23.0. The molecule has 0 radical (unpaired) electrons. The number of aromatic amines is 1. The van der Waals surface area contributed by atoms with E-state index in [1.54, 1.807) is 20.8 Å². The van der Waals surface area contributed by atoms with Crippen LogP contribution in [0.1, 0.15) is 143 Å². The molecule has 0 aromatic carbocycles. The number of hydroxylamine groups is 1. The van der Waals surface area contributed by atoms with Crippen molar-refractivity contribution < 1.29 is 63.3 Å². The number of hydrogen-bond acceptors (Lipinski definition) is 14. The number of carboxylic acids is 3. The summed E-state index contributed by atoms with van der Waals surface area (Å²) in [4.78, 5) is 120. The average molecular weight is 881 g/mol. The monoisotopic (exact) mass is 880 g/mol. The first-order valence-corrected chi connectivity index (χ1v) is 21.2. The maximum Gasteiger partial charge on any atom is 0.325 e. The molecule has 1 aromatic heterocycles. The highest BCUT2D eigenvalue weighted by Crippen LogP contribution is 2.28. The van der Waals surface area contributed by atoms with Crippen LogP contribution in [0.5, 0.6) is 0 Å². The van der Waals surface area contributed by atoms with E-state index in [-0.39, 0.29) is 18.3 Å². The van der Waals surface area contributed by atoms with E-state index in [4.69, 9.17) is 5.11 Å². The number of carbonyl (C=O) groups is 9. The lowest BCUT2D eigenvalue weighted by Crippen LogP contribution is -2.60. The molecule has 0 saturated heterocycles. The molecule has 1 saturated carbocycles. The third-order valence-electron chi connectivity index (χ3n) is 10.5. The van der Waals surface area contributed by atoms with Gasteiger partial charge in [-0.05, 0) is 43.4 Å². The van der Waals surface area contributed by atoms with Crippen molar-refractivity contribution in [3.05, 3.63) is 5.82 Å². The summed E-state index contributed by atoms with van der Waals surface area (Å²) >= 11 is 0. The maximum absolute atomic E-state index is 14.2. The van der Waals surface area contributed by atoms with E-state index in [1.807, 2.05) is 19.3 Å². The standard InChI is InChI=1S/C39H64N10O13/c1-6-11-24(34-45-48-49-46-34)40-36(58)27(19-23-12-9-8-10-13-23)43-39(61)33(22(5)7-2)44-37(59)26(18-21(3)4)42-35(57)25(14-15-29(50)51)41-38(60)28(20-31(54)55)47-62-32(56)17-16-30(52)53/h21-28,33,47H,6-20H2,1-5H3,(H,40,58)(H,41,60)(H,42,57)(H,43,61)(H,44,59)(H,50,51)(H,52,53)(H,54,55)(H,45,46,48,49)/t22?,24-,25+,26-,27-,28-,33-/m0/s1. The number of amides is 5. The molecule has 1 fully saturated rings. The van der Waals surface area contributed by atoms with Gasteiger partial charge in [0.2, 0.25) is 29.5 Å². The molecule has 348 valence electrons. The van der Waals surface area contributed by atoms with Crippen LogP contribution < -0.4 is 32.1 Å². The summed E-state index contributed by atoms with van der Waals surface area (Å²) in [7, 11) is 0. The fourth-order valence-electron chi connectivity index (χ4n) is 6.89. The van der Waals surface area contributed by atoms with Crippen molar-refractivity contribution in [3.8, 4) is 0 Å². The first-order valence-electron chi connectivity index (χ1n) is 21.2. The van der Waals surface area contributed by atoms with Crippen molar-refractivity contribution in [1.82, 2.24) is 52.7 Å². The van der Waals surface area contributed by atoms with Gasteiger partial charge in [-0.15, -0.1) is 15.7 Å². The molecule has 0 bridgehead atoms. The van der Waals surface area contributed by atoms with Gasteiger partial charge in [0.15, 0.2) is 5.82 Å². The van der Waals surface area contributed by atoms with Crippen LogP contribution >= 0.6 is 0 Å². The van der Waals surface area contributed by atoms with E-state index in [9.17, 15) is 53.4 Å². The van der Waals surface area contributed by atoms with Crippen LogP contribution in [-0.4, -0.2) is 120 Å². The van der Waals surface area contributed by atoms with Gasteiger partial charge in [-0.1, -0.05) is 84.8 Å². The number of hydrogen-bond donors (Lipinski definition) is 10. The number of carboxylic acid groups (broad SMARTS) is 3. The molecule has 7 atom stereocenters. The van der Waals surface area contributed by atoms with Gasteiger partial charge in [0.05, 0.1) is 25.3 Å². The number of rotatable bonds is 29. The number of nitrogens with zero attached hydrogens (tertiary/aromatic N) is 3. The van der Waals surface area contributed by atoms with Crippen molar-refractivity contribution in [3.63, 3.8) is 0 Å². The molecule has 62 heavy (non-hydrogen) atoms. The topological polar surface area (TPSA) is 350 Å². The molecule has 0 aliphatic heterocycles. The van der Waals surface area contributed by atoms with E-state index in [0.717, 1.165) is 32.1 Å². The van der Waals surface area contributed by atoms with E-state index in [0.29, 0.717) is 31.5 Å². The van der Waals surface area contributed by atoms with Crippen LogP contribution in [0.15, 0.2) is 0 Å². The lowest BCUT2D eigenvalue weighted by Gasteiger charge is -2.31. The van der Waals surface area contributed by atoms with Crippen molar-refractivity contribution in [2.24, 2.45) is 17.8 Å². The molecule has 1 aliphatic rings. The number of tetrazole rings is 1. The summed E-state index contributed by atoms with van der Waals surface area (Å²) in [5.41, 5.74) is 1.96. The Labute approximate surface area is 359 Å². The van der Waals surface area contributed by atoms with Gasteiger partial charge < -0.3 is 46.7 Å². The van der Waals surface area contributed by atoms with Crippen molar-refractivity contribution in [2.75, 3.05) is 0 Å². The third-order valence-corrected chi connectivity index (χ3v) is 10.5. The first-order chi connectivity index (χ1) is 29.3. The summed E-state index contributed by atoms with van der Waals surface area (Å²) < 4.78 is 0. The Hall–Kier alpha value is -5.74. The lowest BCUT2D eigenvalue weighted by molar-refractivity contribution is -0.159. The van der Waals surface area contributed by atoms with E-state index in [2.05, 4.69) is 52.0 Å². The molecule has 2 rings (SSSR count). The Bertz CT molecular complexity index is 1650. The van der Waals surface area contributed by atoms with Crippen molar-refractivity contribution in [1.29, 1.82) is 0 Å². The fraction of sp³-hybridized carbons (Fsp3) is 0.744. The zero-order valence-electron chi connectivity index (χ0n) is 36.1. The Morgan fingerprint density at radius 2 is 1.29 bits per heavy atom. The molecule has 5 amide bonds. The average Bonchev–Trinajstić information content (AvgIpc) is 3.76. The SMILES string of the molecule is CCC[C@H](NC(=O)[C@H](CC1CCCCC1)NC(=O)[C@@H](NC(=O)[C@H](CC(C)C)NC(=O)[C@@H](CCC(=O)O)NC(=O)[C@H](CC(=O)O)NOC(=O)CCC(=O)O)C(C)CC)c1nn[nH]n1. The summed E-state index contributed by atoms with van der Waals surface area (Å²) in [6, 6.07) is -7.48. The number of H-pyrrole nitrogens is 1. The molecule has 0 spiro atoms. The van der Waals surface area contributed by atoms with E-state index in [1.165, 1.54) is 0 Å². The summed E-state index contributed by atoms with van der Waals surface area (Å²) in [6.45, 7) is 9.03. The second-order valence-electron chi connectivity index (χ2n) is 16.1. The number of nitrogens with one attached hydrogen (secondary N) is 7. The maximum atomic E-state index is 14.2. The summed E-state index contributed by atoms with van der Waals surface area (Å²) in [6.07, 6.45) is 3.54. The largest absolute Gasteiger partial charge is 0.481 e. The van der Waals surface area contributed by atoms with Crippen LogP contribution in [0.3, 0.4) is 0 Å². The summed E-state index contributed by atoms with van der Waals surface area (Å²) in [5.74, 6) is -9.55. The molecule has 23 nitrogen and oxygen atoms in total. The number of aromatic nitrogens is 4.